The number of hydrogen-bond acceptors (Lipinski definition) is 3. The first-order valence-corrected chi connectivity index (χ1v) is 7.59. The molecule has 0 saturated carbocycles. The number of carbonyl (C=O) groups is 2. The molecule has 2 N–H and O–H groups in total. The number of carbonyl (C=O) groups excluding carboxylic acids is 2. The number of likely N-dealkylation sites (N-methyl/N-ethyl adjacent to an activating group) is 1. The van der Waals surface area contributed by atoms with Gasteiger partial charge in [0.15, 0.2) is 5.43 Å². The Kier molecular flexibility index (Phi) is 4.29. The summed E-state index contributed by atoms with van der Waals surface area (Å²) >= 11 is 0. The van der Waals surface area contributed by atoms with Crippen LogP contribution in [0.3, 0.4) is 0 Å². The molecule has 0 atom stereocenters. The Morgan fingerprint density at radius 3 is 2.00 bits per heavy atom. The molecule has 6 nitrogen and oxygen atoms in total. The van der Waals surface area contributed by atoms with E-state index in [9.17, 15) is 14.4 Å². The van der Waals surface area contributed by atoms with Gasteiger partial charge in [0.05, 0.1) is 17.6 Å². The van der Waals surface area contributed by atoms with E-state index in [1.165, 1.54) is 7.05 Å². The Labute approximate surface area is 138 Å². The summed E-state index contributed by atoms with van der Waals surface area (Å²) in [5, 5.41) is 6.16. The summed E-state index contributed by atoms with van der Waals surface area (Å²) in [7, 11) is 1.51. The molecule has 122 valence electrons. The summed E-state index contributed by atoms with van der Waals surface area (Å²) in [4.78, 5) is 36.1. The SMILES string of the molecule is CNC(=O)CNC(=O)Cn1c2ccccc2c(=O)c2ccccc21. The Morgan fingerprint density at radius 2 is 1.46 bits per heavy atom. The van der Waals surface area contributed by atoms with Gasteiger partial charge in [0.25, 0.3) is 0 Å². The van der Waals surface area contributed by atoms with E-state index in [-0.39, 0.29) is 30.3 Å². The van der Waals surface area contributed by atoms with E-state index >= 15 is 0 Å². The number of amides is 2. The van der Waals surface area contributed by atoms with Gasteiger partial charge in [-0.2, -0.15) is 0 Å². The average Bonchev–Trinajstić information content (AvgIpc) is 2.63. The first kappa shape index (κ1) is 15.7. The van der Waals surface area contributed by atoms with Gasteiger partial charge in [0.1, 0.15) is 6.54 Å². The molecule has 0 fully saturated rings. The van der Waals surface area contributed by atoms with Crippen molar-refractivity contribution < 1.29 is 9.59 Å². The monoisotopic (exact) mass is 323 g/mol. The third-order valence-electron chi connectivity index (χ3n) is 3.91. The minimum atomic E-state index is -0.294. The maximum absolute atomic E-state index is 12.6. The number of hydrogen-bond donors (Lipinski definition) is 2. The van der Waals surface area contributed by atoms with Crippen LogP contribution in [0.4, 0.5) is 0 Å². The van der Waals surface area contributed by atoms with Crippen LogP contribution in [-0.4, -0.2) is 30.0 Å². The molecule has 0 radical (unpaired) electrons. The van der Waals surface area contributed by atoms with E-state index in [2.05, 4.69) is 10.6 Å². The van der Waals surface area contributed by atoms with Crippen LogP contribution < -0.4 is 16.1 Å². The number of fused-ring (bicyclic) bond motifs is 2. The summed E-state index contributed by atoms with van der Waals surface area (Å²) in [5.74, 6) is -0.560. The first-order chi connectivity index (χ1) is 11.6. The van der Waals surface area contributed by atoms with Crippen molar-refractivity contribution in [2.45, 2.75) is 6.54 Å². The Morgan fingerprint density at radius 1 is 0.917 bits per heavy atom. The van der Waals surface area contributed by atoms with Crippen molar-refractivity contribution >= 4 is 33.6 Å². The zero-order chi connectivity index (χ0) is 17.1. The third-order valence-corrected chi connectivity index (χ3v) is 3.91. The van der Waals surface area contributed by atoms with Crippen molar-refractivity contribution in [2.24, 2.45) is 0 Å². The molecule has 2 amide bonds. The molecular formula is C18H17N3O3. The molecule has 6 heteroatoms. The smallest absolute Gasteiger partial charge is 0.240 e. The van der Waals surface area contributed by atoms with E-state index in [0.717, 1.165) is 0 Å². The van der Waals surface area contributed by atoms with Gasteiger partial charge in [-0.3, -0.25) is 14.4 Å². The molecule has 0 unspecified atom stereocenters. The second kappa shape index (κ2) is 6.54. The van der Waals surface area contributed by atoms with Gasteiger partial charge in [-0.05, 0) is 24.3 Å². The fraction of sp³-hybridized carbons (Fsp3) is 0.167. The number of benzene rings is 2. The van der Waals surface area contributed by atoms with Crippen molar-refractivity contribution in [1.82, 2.24) is 15.2 Å². The first-order valence-electron chi connectivity index (χ1n) is 7.59. The fourth-order valence-corrected chi connectivity index (χ4v) is 2.71. The largest absolute Gasteiger partial charge is 0.358 e. The number of pyridine rings is 1. The quantitative estimate of drug-likeness (QED) is 0.704. The lowest BCUT2D eigenvalue weighted by Crippen LogP contribution is -2.37. The number of rotatable bonds is 4. The molecule has 0 bridgehead atoms. The zero-order valence-electron chi connectivity index (χ0n) is 13.2. The number of para-hydroxylation sites is 2. The van der Waals surface area contributed by atoms with Gasteiger partial charge >= 0.3 is 0 Å². The number of nitrogens with zero attached hydrogens (tertiary/aromatic N) is 1. The van der Waals surface area contributed by atoms with E-state index in [1.807, 2.05) is 24.3 Å². The van der Waals surface area contributed by atoms with Crippen molar-refractivity contribution in [3.05, 3.63) is 58.8 Å². The molecule has 0 aliphatic heterocycles. The summed E-state index contributed by atoms with van der Waals surface area (Å²) in [6.45, 7) is -0.0519. The lowest BCUT2D eigenvalue weighted by molar-refractivity contribution is -0.126. The standard InChI is InChI=1S/C18H17N3O3/c1-19-16(22)10-20-17(23)11-21-14-8-4-2-6-12(14)18(24)13-7-3-5-9-15(13)21/h2-9H,10-11H2,1H3,(H,19,22)(H,20,23). The molecule has 1 heterocycles. The predicted octanol–water partition coefficient (Wildman–Crippen LogP) is 1.02. The average molecular weight is 323 g/mol. The van der Waals surface area contributed by atoms with Gasteiger partial charge < -0.3 is 15.2 Å². The van der Waals surface area contributed by atoms with Crippen LogP contribution >= 0.6 is 0 Å². The maximum Gasteiger partial charge on any atom is 0.240 e. The molecule has 2 aromatic carbocycles. The van der Waals surface area contributed by atoms with Crippen LogP contribution in [-0.2, 0) is 16.1 Å². The van der Waals surface area contributed by atoms with Gasteiger partial charge in [-0.25, -0.2) is 0 Å². The summed E-state index contributed by atoms with van der Waals surface area (Å²) in [6, 6.07) is 14.4. The molecule has 3 rings (SSSR count). The second-order valence-corrected chi connectivity index (χ2v) is 5.40. The predicted molar refractivity (Wildman–Crippen MR) is 92.8 cm³/mol. The molecule has 0 saturated heterocycles. The summed E-state index contributed by atoms with van der Waals surface area (Å²) in [5.41, 5.74) is 1.33. The second-order valence-electron chi connectivity index (χ2n) is 5.40. The highest BCUT2D eigenvalue weighted by atomic mass is 16.2. The van der Waals surface area contributed by atoms with E-state index in [0.29, 0.717) is 21.8 Å². The van der Waals surface area contributed by atoms with Gasteiger partial charge in [-0.1, -0.05) is 24.3 Å². The van der Waals surface area contributed by atoms with Crippen molar-refractivity contribution in [1.29, 1.82) is 0 Å². The Hall–Kier alpha value is -3.15. The van der Waals surface area contributed by atoms with Gasteiger partial charge in [-0.15, -0.1) is 0 Å². The minimum absolute atomic E-state index is 0.0261. The van der Waals surface area contributed by atoms with Crippen LogP contribution in [0, 0.1) is 0 Å². The topological polar surface area (TPSA) is 80.2 Å². The number of aromatic nitrogens is 1. The van der Waals surface area contributed by atoms with Gasteiger partial charge in [0.2, 0.25) is 11.8 Å². The normalized spacial score (nSPS) is 10.7. The van der Waals surface area contributed by atoms with E-state index < -0.39 is 0 Å². The molecule has 24 heavy (non-hydrogen) atoms. The van der Waals surface area contributed by atoms with Crippen molar-refractivity contribution in [3.8, 4) is 0 Å². The molecule has 0 spiro atoms. The van der Waals surface area contributed by atoms with Gasteiger partial charge in [0, 0.05) is 17.8 Å². The highest BCUT2D eigenvalue weighted by Crippen LogP contribution is 2.18. The fourth-order valence-electron chi connectivity index (χ4n) is 2.71. The van der Waals surface area contributed by atoms with Crippen molar-refractivity contribution in [2.75, 3.05) is 13.6 Å². The van der Waals surface area contributed by atoms with Crippen LogP contribution in [0.15, 0.2) is 53.3 Å². The molecule has 0 aliphatic rings. The highest BCUT2D eigenvalue weighted by Gasteiger charge is 2.13. The minimum Gasteiger partial charge on any atom is -0.358 e. The lowest BCUT2D eigenvalue weighted by atomic mass is 10.1. The summed E-state index contributed by atoms with van der Waals surface area (Å²) < 4.78 is 1.80. The molecular weight excluding hydrogens is 306 g/mol. The Balaban J connectivity index is 2.08. The van der Waals surface area contributed by atoms with Crippen LogP contribution in [0.2, 0.25) is 0 Å². The molecule has 1 aromatic heterocycles. The van der Waals surface area contributed by atoms with Crippen LogP contribution in [0.5, 0.6) is 0 Å². The van der Waals surface area contributed by atoms with Crippen LogP contribution in [0.25, 0.3) is 21.8 Å². The Bertz CT molecular complexity index is 932. The number of nitrogens with one attached hydrogen (secondary N) is 2. The third kappa shape index (κ3) is 2.86. The van der Waals surface area contributed by atoms with Crippen molar-refractivity contribution in [3.63, 3.8) is 0 Å². The van der Waals surface area contributed by atoms with Crippen LogP contribution in [0.1, 0.15) is 0 Å². The summed E-state index contributed by atoms with van der Waals surface area (Å²) in [6.07, 6.45) is 0. The maximum atomic E-state index is 12.6. The molecule has 0 aliphatic carbocycles. The van der Waals surface area contributed by atoms with E-state index in [1.54, 1.807) is 28.8 Å². The lowest BCUT2D eigenvalue weighted by Gasteiger charge is -2.14. The highest BCUT2D eigenvalue weighted by molar-refractivity contribution is 5.95. The zero-order valence-corrected chi connectivity index (χ0v) is 13.2. The van der Waals surface area contributed by atoms with E-state index in [4.69, 9.17) is 0 Å². The molecule has 3 aromatic rings.